The predicted molar refractivity (Wildman–Crippen MR) is 205 cm³/mol. The van der Waals surface area contributed by atoms with Gasteiger partial charge in [0.2, 0.25) is 0 Å². The van der Waals surface area contributed by atoms with Gasteiger partial charge in [-0.05, 0) is 85.3 Å². The van der Waals surface area contributed by atoms with Crippen molar-refractivity contribution in [1.82, 2.24) is 0 Å². The van der Waals surface area contributed by atoms with Crippen LogP contribution in [0.25, 0.3) is 43.8 Å². The number of benzene rings is 7. The molecule has 2 heteroatoms. The van der Waals surface area contributed by atoms with Gasteiger partial charge in [-0.25, -0.2) is 0 Å². The minimum atomic E-state index is 0.240. The summed E-state index contributed by atoms with van der Waals surface area (Å²) in [5, 5.41) is 5.32. The summed E-state index contributed by atoms with van der Waals surface area (Å²) in [6.07, 6.45) is 0. The van der Waals surface area contributed by atoms with Crippen LogP contribution in [0.2, 0.25) is 0 Å². The van der Waals surface area contributed by atoms with E-state index < -0.39 is 0 Å². The van der Waals surface area contributed by atoms with Crippen molar-refractivity contribution < 1.29 is 0 Å². The average Bonchev–Trinajstić information content (AvgIpc) is 3.04. The Morgan fingerprint density at radius 1 is 0.391 bits per heavy atom. The first-order valence-corrected chi connectivity index (χ1v) is 16.5. The summed E-state index contributed by atoms with van der Waals surface area (Å²) in [7, 11) is 0.934. The highest BCUT2D eigenvalue weighted by Gasteiger charge is 2.29. The lowest BCUT2D eigenvalue weighted by Gasteiger charge is -2.26. The number of hydrogen-bond acceptors (Lipinski definition) is 0. The summed E-state index contributed by atoms with van der Waals surface area (Å²) < 4.78 is 0. The van der Waals surface area contributed by atoms with Gasteiger partial charge in [-0.1, -0.05) is 177 Å². The van der Waals surface area contributed by atoms with Crippen LogP contribution < -0.4 is 16.4 Å². The maximum absolute atomic E-state index is 2.37. The second-order valence-corrected chi connectivity index (χ2v) is 13.3. The van der Waals surface area contributed by atoms with Crippen LogP contribution in [-0.2, 0) is 0 Å². The Morgan fingerprint density at radius 2 is 0.761 bits per heavy atom. The maximum Gasteiger partial charge on any atom is 0.182 e. The summed E-state index contributed by atoms with van der Waals surface area (Å²) in [5.41, 5.74) is 17.6. The third-order valence-electron chi connectivity index (χ3n) is 9.90. The molecule has 7 aromatic carbocycles. The molecule has 0 aliphatic heterocycles. The molecular formula is C44H40B2. The van der Waals surface area contributed by atoms with E-state index in [4.69, 9.17) is 0 Å². The second kappa shape index (κ2) is 12.2. The first-order chi connectivity index (χ1) is 22.3. The van der Waals surface area contributed by atoms with Crippen LogP contribution in [-0.4, -0.2) is 13.8 Å². The fourth-order valence-electron chi connectivity index (χ4n) is 8.24. The van der Waals surface area contributed by atoms with Gasteiger partial charge in [-0.15, -0.1) is 0 Å². The minimum absolute atomic E-state index is 0.240. The van der Waals surface area contributed by atoms with E-state index in [-0.39, 0.29) is 6.60 Å². The molecule has 0 radical (unpaired) electrons. The lowest BCUT2D eigenvalue weighted by molar-refractivity contribution is 1.34. The standard InChI is InChI=1S/C44H40B2/c1-28-24-30(3)43(31(4)25-28)46(44-32(5)26-29(2)27-33(44)6)45-42-39-18-12-10-16-37(39)41(38-17-11-13-19-40(38)42)36-22-20-35(21-23-36)34-14-8-7-9-15-34/h7-27,45H,1-6H3. The maximum atomic E-state index is 2.37. The molecule has 0 amide bonds. The Labute approximate surface area is 275 Å². The average molecular weight is 590 g/mol. The molecular weight excluding hydrogens is 550 g/mol. The van der Waals surface area contributed by atoms with Gasteiger partial charge in [0.15, 0.2) is 6.60 Å². The van der Waals surface area contributed by atoms with Crippen molar-refractivity contribution in [2.45, 2.75) is 41.5 Å². The highest BCUT2D eigenvalue weighted by molar-refractivity contribution is 7.30. The molecule has 0 unspecified atom stereocenters. The molecule has 0 saturated heterocycles. The second-order valence-electron chi connectivity index (χ2n) is 13.3. The molecule has 0 aliphatic rings. The zero-order valence-electron chi connectivity index (χ0n) is 27.9. The van der Waals surface area contributed by atoms with Crippen molar-refractivity contribution in [3.8, 4) is 22.3 Å². The largest absolute Gasteiger partial charge is 0.182 e. The highest BCUT2D eigenvalue weighted by Crippen LogP contribution is 2.36. The third kappa shape index (κ3) is 5.37. The van der Waals surface area contributed by atoms with Crippen LogP contribution in [0.4, 0.5) is 0 Å². The lowest BCUT2D eigenvalue weighted by atomic mass is 9.13. The first-order valence-electron chi connectivity index (χ1n) is 16.5. The van der Waals surface area contributed by atoms with Gasteiger partial charge in [0, 0.05) is 0 Å². The molecule has 222 valence electrons. The van der Waals surface area contributed by atoms with E-state index in [1.807, 2.05) is 0 Å². The lowest BCUT2D eigenvalue weighted by Crippen LogP contribution is -2.55. The van der Waals surface area contributed by atoms with Crippen LogP contribution in [0.5, 0.6) is 0 Å². The molecule has 0 spiro atoms. The van der Waals surface area contributed by atoms with E-state index in [1.54, 1.807) is 0 Å². The van der Waals surface area contributed by atoms with E-state index in [2.05, 4.69) is 169 Å². The fraction of sp³-hybridized carbons (Fsp3) is 0.136. The van der Waals surface area contributed by atoms with Gasteiger partial charge in [-0.3, -0.25) is 0 Å². The zero-order chi connectivity index (χ0) is 31.9. The van der Waals surface area contributed by atoms with Gasteiger partial charge in [0.05, 0.1) is 0 Å². The van der Waals surface area contributed by atoms with Crippen molar-refractivity contribution in [2.24, 2.45) is 0 Å². The molecule has 0 aliphatic carbocycles. The molecule has 0 N–H and O–H groups in total. The monoisotopic (exact) mass is 590 g/mol. The molecule has 7 rings (SSSR count). The Balaban J connectivity index is 1.47. The molecule has 0 nitrogen and oxygen atoms in total. The van der Waals surface area contributed by atoms with E-state index in [9.17, 15) is 0 Å². The quantitative estimate of drug-likeness (QED) is 0.134. The summed E-state index contributed by atoms with van der Waals surface area (Å²) in [6.45, 7) is 13.9. The summed E-state index contributed by atoms with van der Waals surface area (Å²) in [4.78, 5) is 0. The molecule has 0 bridgehead atoms. The van der Waals surface area contributed by atoms with Gasteiger partial charge in [-0.2, -0.15) is 0 Å². The van der Waals surface area contributed by atoms with E-state index in [0.29, 0.717) is 0 Å². The van der Waals surface area contributed by atoms with Crippen molar-refractivity contribution >= 4 is 51.7 Å². The van der Waals surface area contributed by atoms with E-state index in [0.717, 1.165) is 7.17 Å². The van der Waals surface area contributed by atoms with Crippen LogP contribution in [0.1, 0.15) is 33.4 Å². The van der Waals surface area contributed by atoms with E-state index >= 15 is 0 Å². The van der Waals surface area contributed by atoms with Crippen molar-refractivity contribution in [2.75, 3.05) is 0 Å². The summed E-state index contributed by atoms with van der Waals surface area (Å²) in [6, 6.07) is 47.4. The van der Waals surface area contributed by atoms with Crippen molar-refractivity contribution in [3.63, 3.8) is 0 Å². The first kappa shape index (κ1) is 29.9. The van der Waals surface area contributed by atoms with E-state index in [1.165, 1.54) is 93.6 Å². The Kier molecular flexibility index (Phi) is 7.91. The molecule has 0 atom stereocenters. The number of fused-ring (bicyclic) bond motifs is 2. The topological polar surface area (TPSA) is 0 Å². The van der Waals surface area contributed by atoms with Gasteiger partial charge in [0.25, 0.3) is 0 Å². The summed E-state index contributed by atoms with van der Waals surface area (Å²) in [5.74, 6) is 0. The fourth-order valence-corrected chi connectivity index (χ4v) is 8.24. The summed E-state index contributed by atoms with van der Waals surface area (Å²) >= 11 is 0. The smallest absolute Gasteiger partial charge is 0.0766 e. The molecule has 7 aromatic rings. The number of hydrogen-bond donors (Lipinski definition) is 0. The molecule has 46 heavy (non-hydrogen) atoms. The normalized spacial score (nSPS) is 11.3. The van der Waals surface area contributed by atoms with Gasteiger partial charge < -0.3 is 0 Å². The molecule has 0 saturated carbocycles. The molecule has 0 heterocycles. The third-order valence-corrected chi connectivity index (χ3v) is 9.90. The van der Waals surface area contributed by atoms with Crippen LogP contribution in [0, 0.1) is 41.5 Å². The Bertz CT molecular complexity index is 2070. The Hall–Kier alpha value is -4.81. The number of aryl methyl sites for hydroxylation is 6. The highest BCUT2D eigenvalue weighted by atomic mass is 14.2. The predicted octanol–water partition coefficient (Wildman–Crippen LogP) is 9.05. The van der Waals surface area contributed by atoms with Gasteiger partial charge in [0.1, 0.15) is 7.17 Å². The zero-order valence-corrected chi connectivity index (χ0v) is 27.9. The molecule has 0 aromatic heterocycles. The minimum Gasteiger partial charge on any atom is -0.0766 e. The Morgan fingerprint density at radius 3 is 1.22 bits per heavy atom. The van der Waals surface area contributed by atoms with Crippen LogP contribution >= 0.6 is 0 Å². The van der Waals surface area contributed by atoms with Crippen molar-refractivity contribution in [3.05, 3.63) is 161 Å². The van der Waals surface area contributed by atoms with Crippen molar-refractivity contribution in [1.29, 1.82) is 0 Å². The SMILES string of the molecule is Cc1cc(C)c(B(Bc2c3ccccc3c(-c3ccc(-c4ccccc4)cc3)c3ccccc23)c2c(C)cc(C)cc2C)c(C)c1. The molecule has 0 fully saturated rings. The van der Waals surface area contributed by atoms with Crippen LogP contribution in [0.3, 0.4) is 0 Å². The van der Waals surface area contributed by atoms with Gasteiger partial charge >= 0.3 is 0 Å². The van der Waals surface area contributed by atoms with Crippen LogP contribution in [0.15, 0.2) is 127 Å². The number of rotatable bonds is 6.